The molecule has 8 heteroatoms. The lowest BCUT2D eigenvalue weighted by atomic mass is 10.1. The molecule has 0 fully saturated rings. The fourth-order valence-corrected chi connectivity index (χ4v) is 5.05. The number of hydrogen-bond donors (Lipinski definition) is 0. The molecule has 0 saturated heterocycles. The lowest BCUT2D eigenvalue weighted by molar-refractivity contribution is -0.111. The second kappa shape index (κ2) is 11.4. The van der Waals surface area contributed by atoms with Crippen LogP contribution in [0.25, 0.3) is 0 Å². The van der Waals surface area contributed by atoms with E-state index in [-0.39, 0.29) is 12.4 Å². The fraction of sp³-hybridized carbons (Fsp3) is 0.161. The van der Waals surface area contributed by atoms with Crippen LogP contribution in [0.15, 0.2) is 102 Å². The maximum absolute atomic E-state index is 13.0. The minimum absolute atomic E-state index is 0.142. The van der Waals surface area contributed by atoms with Crippen molar-refractivity contribution < 1.29 is 9.53 Å². The third-order valence-electron chi connectivity index (χ3n) is 6.52. The largest absolute Gasteiger partial charge is 0.488 e. The number of amidine groups is 1. The van der Waals surface area contributed by atoms with Crippen LogP contribution in [-0.2, 0) is 11.4 Å². The van der Waals surface area contributed by atoms with Gasteiger partial charge in [-0.1, -0.05) is 65.7 Å². The highest BCUT2D eigenvalue weighted by Gasteiger charge is 2.40. The normalized spacial score (nSPS) is 14.8. The molecule has 0 spiro atoms. The molecule has 4 aromatic rings. The van der Waals surface area contributed by atoms with E-state index in [1.165, 1.54) is 6.92 Å². The van der Waals surface area contributed by atoms with E-state index in [4.69, 9.17) is 33.0 Å². The van der Waals surface area contributed by atoms with Crippen molar-refractivity contribution in [3.05, 3.63) is 118 Å². The Labute approximate surface area is 238 Å². The summed E-state index contributed by atoms with van der Waals surface area (Å²) in [6.07, 6.45) is -0.491. The van der Waals surface area contributed by atoms with Gasteiger partial charge in [0.25, 0.3) is 0 Å². The highest BCUT2D eigenvalue weighted by Crippen LogP contribution is 2.42. The second-order valence-electron chi connectivity index (χ2n) is 9.34. The van der Waals surface area contributed by atoms with Gasteiger partial charge in [-0.25, -0.2) is 5.01 Å². The van der Waals surface area contributed by atoms with Gasteiger partial charge in [0, 0.05) is 53.6 Å². The molecule has 1 aliphatic rings. The van der Waals surface area contributed by atoms with E-state index in [2.05, 4.69) is 0 Å². The zero-order valence-electron chi connectivity index (χ0n) is 21.9. The molecule has 0 saturated carbocycles. The Morgan fingerprint density at radius 3 is 2.13 bits per heavy atom. The van der Waals surface area contributed by atoms with Gasteiger partial charge >= 0.3 is 0 Å². The Morgan fingerprint density at radius 2 is 1.49 bits per heavy atom. The van der Waals surface area contributed by atoms with E-state index in [9.17, 15) is 4.79 Å². The Balaban J connectivity index is 1.62. The van der Waals surface area contributed by atoms with E-state index in [1.807, 2.05) is 108 Å². The van der Waals surface area contributed by atoms with Crippen LogP contribution < -0.4 is 19.5 Å². The van der Waals surface area contributed by atoms with Gasteiger partial charge in [-0.3, -0.25) is 9.69 Å². The van der Waals surface area contributed by atoms with Crippen LogP contribution in [0.5, 0.6) is 5.75 Å². The van der Waals surface area contributed by atoms with Gasteiger partial charge in [-0.15, -0.1) is 5.10 Å². The SMILES string of the molecule is CC(=O)C1=NN(c2ccccc2)[C@@H](c2ccccc2OCc2c(Cl)cccc2Cl)N1c1ccc(N(C)C)cc1. The Hall–Kier alpha value is -4.00. The minimum Gasteiger partial charge on any atom is -0.488 e. The van der Waals surface area contributed by atoms with Gasteiger partial charge in [-0.2, -0.15) is 0 Å². The maximum atomic E-state index is 13.0. The predicted octanol–water partition coefficient (Wildman–Crippen LogP) is 7.57. The molecule has 1 atom stereocenters. The summed E-state index contributed by atoms with van der Waals surface area (Å²) >= 11 is 12.8. The van der Waals surface area contributed by atoms with Gasteiger partial charge < -0.3 is 9.64 Å². The number of para-hydroxylation sites is 2. The number of anilines is 3. The number of hydrogen-bond acceptors (Lipinski definition) is 6. The smallest absolute Gasteiger partial charge is 0.198 e. The van der Waals surface area contributed by atoms with E-state index >= 15 is 0 Å². The number of benzene rings is 4. The number of ketones is 1. The number of carbonyl (C=O) groups is 1. The van der Waals surface area contributed by atoms with Crippen LogP contribution in [0.3, 0.4) is 0 Å². The standard InChI is InChI=1S/C31H28Cl2N4O2/c1-21(38)30-34-37(24-10-5-4-6-11-24)31(36(30)23-18-16-22(17-19-23)35(2)3)25-12-7-8-15-29(25)39-20-26-27(32)13-9-14-28(26)33/h4-19,31H,20H2,1-3H3/t31-/m0/s1. The summed E-state index contributed by atoms with van der Waals surface area (Å²) in [6.45, 7) is 1.72. The van der Waals surface area contributed by atoms with Gasteiger partial charge in [0.15, 0.2) is 17.8 Å². The number of ether oxygens (including phenoxy) is 1. The average molecular weight is 559 g/mol. The van der Waals surface area contributed by atoms with Gasteiger partial charge in [0.2, 0.25) is 0 Å². The Kier molecular flexibility index (Phi) is 7.77. The summed E-state index contributed by atoms with van der Waals surface area (Å²) in [5.41, 5.74) is 4.27. The van der Waals surface area contributed by atoms with E-state index in [0.717, 1.165) is 22.6 Å². The first-order chi connectivity index (χ1) is 18.8. The number of hydrazone groups is 1. The minimum atomic E-state index is -0.491. The number of nitrogens with zero attached hydrogens (tertiary/aromatic N) is 4. The first-order valence-corrected chi connectivity index (χ1v) is 13.3. The van der Waals surface area contributed by atoms with Crippen molar-refractivity contribution >= 4 is 51.9 Å². The molecule has 39 heavy (non-hydrogen) atoms. The van der Waals surface area contributed by atoms with Crippen molar-refractivity contribution in [1.82, 2.24) is 0 Å². The molecule has 0 aromatic heterocycles. The highest BCUT2D eigenvalue weighted by atomic mass is 35.5. The highest BCUT2D eigenvalue weighted by molar-refractivity contribution is 6.44. The molecule has 0 unspecified atom stereocenters. The molecule has 0 bridgehead atoms. The average Bonchev–Trinajstić information content (AvgIpc) is 3.34. The molecule has 0 N–H and O–H groups in total. The van der Waals surface area contributed by atoms with E-state index in [0.29, 0.717) is 27.2 Å². The molecule has 0 radical (unpaired) electrons. The van der Waals surface area contributed by atoms with Crippen LogP contribution in [0.2, 0.25) is 10.0 Å². The molecule has 198 valence electrons. The monoisotopic (exact) mass is 558 g/mol. The van der Waals surface area contributed by atoms with Crippen LogP contribution in [-0.4, -0.2) is 25.7 Å². The lowest BCUT2D eigenvalue weighted by Crippen LogP contribution is -2.38. The number of Topliss-reactive ketones (excluding diaryl/α,β-unsaturated/α-hetero) is 1. The molecule has 6 nitrogen and oxygen atoms in total. The van der Waals surface area contributed by atoms with Gasteiger partial charge in [-0.05, 0) is 54.6 Å². The van der Waals surface area contributed by atoms with Crippen molar-refractivity contribution in [1.29, 1.82) is 0 Å². The van der Waals surface area contributed by atoms with E-state index in [1.54, 1.807) is 18.2 Å². The summed E-state index contributed by atoms with van der Waals surface area (Å²) in [4.78, 5) is 17.0. The molecular weight excluding hydrogens is 531 g/mol. The zero-order valence-corrected chi connectivity index (χ0v) is 23.4. The Morgan fingerprint density at radius 1 is 0.846 bits per heavy atom. The first kappa shape index (κ1) is 26.6. The summed E-state index contributed by atoms with van der Waals surface area (Å²) in [5, 5.41) is 7.78. The summed E-state index contributed by atoms with van der Waals surface area (Å²) in [5.74, 6) is 0.830. The van der Waals surface area contributed by atoms with Gasteiger partial charge in [0.05, 0.1) is 5.69 Å². The van der Waals surface area contributed by atoms with Crippen molar-refractivity contribution in [3.8, 4) is 5.75 Å². The second-order valence-corrected chi connectivity index (χ2v) is 10.2. The van der Waals surface area contributed by atoms with E-state index < -0.39 is 6.17 Å². The quantitative estimate of drug-likeness (QED) is 0.223. The van der Waals surface area contributed by atoms with Crippen LogP contribution in [0.1, 0.15) is 24.2 Å². The summed E-state index contributed by atoms with van der Waals surface area (Å²) in [7, 11) is 3.98. The number of carbonyl (C=O) groups excluding carboxylic acids is 1. The van der Waals surface area contributed by atoms with Gasteiger partial charge in [0.1, 0.15) is 12.4 Å². The molecule has 5 rings (SSSR count). The zero-order chi connectivity index (χ0) is 27.5. The molecule has 0 aliphatic carbocycles. The van der Waals surface area contributed by atoms with Crippen molar-refractivity contribution in [3.63, 3.8) is 0 Å². The van der Waals surface area contributed by atoms with Crippen LogP contribution >= 0.6 is 23.2 Å². The third kappa shape index (κ3) is 5.44. The summed E-state index contributed by atoms with van der Waals surface area (Å²) < 4.78 is 6.35. The maximum Gasteiger partial charge on any atom is 0.198 e. The molecule has 0 amide bonds. The first-order valence-electron chi connectivity index (χ1n) is 12.5. The van der Waals surface area contributed by atoms with Crippen molar-refractivity contribution in [2.75, 3.05) is 28.9 Å². The Bertz CT molecular complexity index is 1490. The fourth-order valence-electron chi connectivity index (χ4n) is 4.54. The molecular formula is C31H28Cl2N4O2. The van der Waals surface area contributed by atoms with Crippen LogP contribution in [0.4, 0.5) is 17.1 Å². The molecule has 1 heterocycles. The molecule has 1 aliphatic heterocycles. The topological polar surface area (TPSA) is 48.4 Å². The molecule has 4 aromatic carbocycles. The van der Waals surface area contributed by atoms with Crippen molar-refractivity contribution in [2.24, 2.45) is 5.10 Å². The number of rotatable bonds is 8. The lowest BCUT2D eigenvalue weighted by Gasteiger charge is -2.33. The van der Waals surface area contributed by atoms with Crippen molar-refractivity contribution in [2.45, 2.75) is 19.7 Å². The summed E-state index contributed by atoms with van der Waals surface area (Å²) in [6, 6.07) is 31.0. The predicted molar refractivity (Wildman–Crippen MR) is 160 cm³/mol. The number of halogens is 2. The van der Waals surface area contributed by atoms with Crippen LogP contribution in [0, 0.1) is 0 Å². The third-order valence-corrected chi connectivity index (χ3v) is 7.23.